The number of benzene rings is 2. The van der Waals surface area contributed by atoms with Gasteiger partial charge in [-0.15, -0.1) is 0 Å². The number of hydrogen-bond acceptors (Lipinski definition) is 6. The van der Waals surface area contributed by atoms with Gasteiger partial charge in [-0.1, -0.05) is 25.1 Å². The van der Waals surface area contributed by atoms with Gasteiger partial charge >= 0.3 is 6.18 Å². The molecular weight excluding hydrogens is 543 g/mol. The number of aromatic nitrogens is 4. The third kappa shape index (κ3) is 7.32. The third-order valence-corrected chi connectivity index (χ3v) is 7.83. The van der Waals surface area contributed by atoms with E-state index in [0.29, 0.717) is 44.5 Å². The molecule has 1 atom stereocenters. The maximum atomic E-state index is 13.2. The highest BCUT2D eigenvalue weighted by atomic mass is 19.4. The number of hydrogen-bond donors (Lipinski definition) is 1. The highest BCUT2D eigenvalue weighted by Gasteiger charge is 2.30. The van der Waals surface area contributed by atoms with E-state index in [4.69, 9.17) is 0 Å². The lowest BCUT2D eigenvalue weighted by Gasteiger charge is -2.34. The zero-order chi connectivity index (χ0) is 29.9. The van der Waals surface area contributed by atoms with Gasteiger partial charge in [-0.3, -0.25) is 19.7 Å². The number of carbonyl (C=O) groups excluding carboxylic acids is 1. The number of aromatic amines is 1. The summed E-state index contributed by atoms with van der Waals surface area (Å²) in [6, 6.07) is 11.4. The molecule has 11 heteroatoms. The number of alkyl halides is 3. The van der Waals surface area contributed by atoms with Crippen LogP contribution >= 0.6 is 0 Å². The molecule has 8 nitrogen and oxygen atoms in total. The quantitative estimate of drug-likeness (QED) is 0.291. The average Bonchev–Trinajstić information content (AvgIpc) is 3.41. The van der Waals surface area contributed by atoms with Crippen molar-refractivity contribution < 1.29 is 18.0 Å². The summed E-state index contributed by atoms with van der Waals surface area (Å²) in [5.41, 5.74) is 4.81. The number of amides is 1. The molecule has 1 saturated heterocycles. The normalized spacial score (nSPS) is 15.5. The van der Waals surface area contributed by atoms with Crippen LogP contribution < -0.4 is 0 Å². The molecule has 1 amide bonds. The molecule has 3 heterocycles. The van der Waals surface area contributed by atoms with Crippen LogP contribution in [-0.2, 0) is 19.3 Å². The second-order valence-corrected chi connectivity index (χ2v) is 11.2. The molecule has 1 fully saturated rings. The lowest BCUT2D eigenvalue weighted by Crippen LogP contribution is -2.48. The largest absolute Gasteiger partial charge is 0.416 e. The van der Waals surface area contributed by atoms with Crippen LogP contribution in [0.2, 0.25) is 0 Å². The van der Waals surface area contributed by atoms with Gasteiger partial charge in [0.1, 0.15) is 0 Å². The Morgan fingerprint density at radius 3 is 2.45 bits per heavy atom. The van der Waals surface area contributed by atoms with Crippen LogP contribution in [0.5, 0.6) is 0 Å². The maximum Gasteiger partial charge on any atom is 0.416 e. The predicted octanol–water partition coefficient (Wildman–Crippen LogP) is 5.26. The SMILES string of the molecule is Cc1cnc(CN(C)CCC(C)c2ccc3nc(C(=O)N4CCN(Cc5ccc(C(F)(F)F)cc5)CC4)[nH]c3c2)cn1. The van der Waals surface area contributed by atoms with Crippen molar-refractivity contribution in [3.63, 3.8) is 0 Å². The Morgan fingerprint density at radius 1 is 1.05 bits per heavy atom. The van der Waals surface area contributed by atoms with Gasteiger partial charge in [-0.05, 0) is 68.2 Å². The minimum absolute atomic E-state index is 0.143. The number of rotatable bonds is 9. The molecule has 1 aliphatic rings. The first-order valence-corrected chi connectivity index (χ1v) is 14.2. The van der Waals surface area contributed by atoms with Gasteiger partial charge in [0.2, 0.25) is 0 Å². The van der Waals surface area contributed by atoms with Crippen LogP contribution in [0.25, 0.3) is 11.0 Å². The number of carbonyl (C=O) groups is 1. The summed E-state index contributed by atoms with van der Waals surface area (Å²) in [4.78, 5) is 35.9. The van der Waals surface area contributed by atoms with Gasteiger partial charge < -0.3 is 14.8 Å². The van der Waals surface area contributed by atoms with Gasteiger partial charge in [0, 0.05) is 51.7 Å². The Hall–Kier alpha value is -3.83. The van der Waals surface area contributed by atoms with E-state index in [1.54, 1.807) is 11.1 Å². The molecule has 0 aliphatic carbocycles. The van der Waals surface area contributed by atoms with Crippen LogP contribution in [0.1, 0.15) is 58.0 Å². The predicted molar refractivity (Wildman–Crippen MR) is 155 cm³/mol. The number of fused-ring (bicyclic) bond motifs is 1. The van der Waals surface area contributed by atoms with E-state index in [9.17, 15) is 18.0 Å². The monoisotopic (exact) mass is 579 g/mol. The minimum Gasteiger partial charge on any atom is -0.334 e. The molecule has 1 unspecified atom stereocenters. The van der Waals surface area contributed by atoms with E-state index in [-0.39, 0.29) is 5.91 Å². The first-order chi connectivity index (χ1) is 20.0. The lowest BCUT2D eigenvalue weighted by molar-refractivity contribution is -0.137. The molecule has 0 spiro atoms. The van der Waals surface area contributed by atoms with Crippen molar-refractivity contribution in [1.82, 2.24) is 34.6 Å². The van der Waals surface area contributed by atoms with E-state index < -0.39 is 11.7 Å². The number of aryl methyl sites for hydroxylation is 1. The fraction of sp³-hybridized carbons (Fsp3) is 0.419. The summed E-state index contributed by atoms with van der Waals surface area (Å²) < 4.78 is 38.5. The average molecular weight is 580 g/mol. The molecule has 0 radical (unpaired) electrons. The van der Waals surface area contributed by atoms with Crippen LogP contribution in [0.4, 0.5) is 13.2 Å². The number of nitrogens with one attached hydrogen (secondary N) is 1. The molecule has 5 rings (SSSR count). The van der Waals surface area contributed by atoms with E-state index >= 15 is 0 Å². The van der Waals surface area contributed by atoms with Gasteiger partial charge in [0.15, 0.2) is 5.82 Å². The molecule has 2 aromatic carbocycles. The summed E-state index contributed by atoms with van der Waals surface area (Å²) in [5.74, 6) is 0.502. The summed E-state index contributed by atoms with van der Waals surface area (Å²) in [6.07, 6.45) is 0.245. The Balaban J connectivity index is 1.13. The summed E-state index contributed by atoms with van der Waals surface area (Å²) >= 11 is 0. The summed E-state index contributed by atoms with van der Waals surface area (Å²) in [5, 5.41) is 0. The molecule has 1 aliphatic heterocycles. The highest BCUT2D eigenvalue weighted by Crippen LogP contribution is 2.29. The molecule has 1 N–H and O–H groups in total. The van der Waals surface area contributed by atoms with Crippen LogP contribution in [-0.4, -0.2) is 80.3 Å². The molecule has 0 bridgehead atoms. The second kappa shape index (κ2) is 12.6. The van der Waals surface area contributed by atoms with Crippen molar-refractivity contribution in [1.29, 1.82) is 0 Å². The minimum atomic E-state index is -4.34. The van der Waals surface area contributed by atoms with E-state index in [1.807, 2.05) is 19.2 Å². The Labute approximate surface area is 243 Å². The standard InChI is InChI=1S/C31H36F3N7O/c1-21(10-11-39(3)20-26-18-35-22(2)17-36-26)24-6-9-27-28(16-24)38-29(37-27)30(42)41-14-12-40(13-15-41)19-23-4-7-25(8-5-23)31(32,33)34/h4-9,16-18,21H,10-15,19-20H2,1-3H3,(H,37,38). The zero-order valence-corrected chi connectivity index (χ0v) is 24.2. The van der Waals surface area contributed by atoms with Crippen molar-refractivity contribution >= 4 is 16.9 Å². The first-order valence-electron chi connectivity index (χ1n) is 14.2. The molecule has 2 aromatic heterocycles. The fourth-order valence-corrected chi connectivity index (χ4v) is 5.19. The Morgan fingerprint density at radius 2 is 1.79 bits per heavy atom. The Kier molecular flexibility index (Phi) is 8.88. The summed E-state index contributed by atoms with van der Waals surface area (Å²) in [6.45, 7) is 8.66. The van der Waals surface area contributed by atoms with Crippen LogP contribution in [0, 0.1) is 6.92 Å². The van der Waals surface area contributed by atoms with Gasteiger partial charge in [0.05, 0.1) is 28.0 Å². The number of H-pyrrole nitrogens is 1. The van der Waals surface area contributed by atoms with Crippen molar-refractivity contribution in [3.05, 3.63) is 88.8 Å². The van der Waals surface area contributed by atoms with Crippen molar-refractivity contribution in [2.45, 2.75) is 45.5 Å². The van der Waals surface area contributed by atoms with Gasteiger partial charge in [-0.25, -0.2) is 4.98 Å². The number of nitrogens with zero attached hydrogens (tertiary/aromatic N) is 6. The van der Waals surface area contributed by atoms with E-state index in [1.165, 1.54) is 17.7 Å². The number of halogens is 3. The maximum absolute atomic E-state index is 13.2. The molecule has 222 valence electrons. The second-order valence-electron chi connectivity index (χ2n) is 11.2. The van der Waals surface area contributed by atoms with Crippen LogP contribution in [0.3, 0.4) is 0 Å². The zero-order valence-electron chi connectivity index (χ0n) is 24.2. The topological polar surface area (TPSA) is 81.3 Å². The van der Waals surface area contributed by atoms with Crippen molar-refractivity contribution in [2.24, 2.45) is 0 Å². The molecule has 42 heavy (non-hydrogen) atoms. The first kappa shape index (κ1) is 29.7. The highest BCUT2D eigenvalue weighted by molar-refractivity contribution is 5.94. The van der Waals surface area contributed by atoms with Crippen LogP contribution in [0.15, 0.2) is 54.9 Å². The Bertz CT molecular complexity index is 1490. The van der Waals surface area contributed by atoms with Crippen molar-refractivity contribution in [2.75, 3.05) is 39.8 Å². The number of imidazole rings is 1. The smallest absolute Gasteiger partial charge is 0.334 e. The number of piperazine rings is 1. The molecule has 0 saturated carbocycles. The van der Waals surface area contributed by atoms with E-state index in [0.717, 1.165) is 59.6 Å². The summed E-state index contributed by atoms with van der Waals surface area (Å²) in [7, 11) is 2.08. The molecular formula is C31H36F3N7O. The van der Waals surface area contributed by atoms with Gasteiger partial charge in [0.25, 0.3) is 5.91 Å². The van der Waals surface area contributed by atoms with E-state index in [2.05, 4.69) is 55.8 Å². The fourth-order valence-electron chi connectivity index (χ4n) is 5.19. The van der Waals surface area contributed by atoms with Crippen molar-refractivity contribution in [3.8, 4) is 0 Å². The lowest BCUT2D eigenvalue weighted by atomic mass is 9.97. The molecule has 4 aromatic rings. The van der Waals surface area contributed by atoms with Gasteiger partial charge in [-0.2, -0.15) is 13.2 Å². The third-order valence-electron chi connectivity index (χ3n) is 7.83.